The third kappa shape index (κ3) is 5.50. The predicted octanol–water partition coefficient (Wildman–Crippen LogP) is 5.56. The molecule has 0 fully saturated rings. The third-order valence-corrected chi connectivity index (χ3v) is 8.04. The summed E-state index contributed by atoms with van der Waals surface area (Å²) in [5.41, 5.74) is 6.83. The Hall–Kier alpha value is -3.12. The Kier molecular flexibility index (Phi) is 7.82. The highest BCUT2D eigenvalue weighted by Gasteiger charge is 2.29. The number of benzene rings is 3. The van der Waals surface area contributed by atoms with E-state index < -0.39 is 10.0 Å². The van der Waals surface area contributed by atoms with Gasteiger partial charge in [0.25, 0.3) is 10.0 Å². The largest absolute Gasteiger partial charge is 0.348 e. The zero-order valence-electron chi connectivity index (χ0n) is 20.8. The highest BCUT2D eigenvalue weighted by Crippen LogP contribution is 2.28. The Labute approximate surface area is 203 Å². The first kappa shape index (κ1) is 25.5. The topological polar surface area (TPSA) is 66.5 Å². The van der Waals surface area contributed by atoms with Gasteiger partial charge in [0.1, 0.15) is 6.54 Å². The van der Waals surface area contributed by atoms with Crippen molar-refractivity contribution < 1.29 is 13.2 Å². The van der Waals surface area contributed by atoms with Gasteiger partial charge in [-0.2, -0.15) is 0 Å². The molecule has 1 N–H and O–H groups in total. The fourth-order valence-corrected chi connectivity index (χ4v) is 5.59. The summed E-state index contributed by atoms with van der Waals surface area (Å²) < 4.78 is 28.6. The second-order valence-electron chi connectivity index (χ2n) is 8.89. The number of nitrogens with zero attached hydrogens (tertiary/aromatic N) is 1. The molecule has 0 aliphatic heterocycles. The van der Waals surface area contributed by atoms with Crippen molar-refractivity contribution in [2.75, 3.05) is 10.8 Å². The van der Waals surface area contributed by atoms with Gasteiger partial charge in [-0.3, -0.25) is 9.10 Å². The molecule has 0 heterocycles. The van der Waals surface area contributed by atoms with E-state index in [9.17, 15) is 13.2 Å². The number of rotatable bonds is 8. The highest BCUT2D eigenvalue weighted by molar-refractivity contribution is 7.92. The van der Waals surface area contributed by atoms with E-state index in [1.165, 1.54) is 9.87 Å². The number of hydrogen-bond acceptors (Lipinski definition) is 3. The molecule has 0 aromatic heterocycles. The number of carbonyl (C=O) groups excluding carboxylic acids is 1. The van der Waals surface area contributed by atoms with Crippen molar-refractivity contribution in [3.63, 3.8) is 0 Å². The van der Waals surface area contributed by atoms with Crippen molar-refractivity contribution in [2.24, 2.45) is 0 Å². The lowest BCUT2D eigenvalue weighted by atomic mass is 9.96. The Morgan fingerprint density at radius 2 is 1.53 bits per heavy atom. The van der Waals surface area contributed by atoms with Crippen LogP contribution in [0.2, 0.25) is 0 Å². The third-order valence-electron chi connectivity index (χ3n) is 6.26. The summed E-state index contributed by atoms with van der Waals surface area (Å²) in [4.78, 5) is 13.4. The van der Waals surface area contributed by atoms with Crippen molar-refractivity contribution >= 4 is 21.6 Å². The van der Waals surface area contributed by atoms with Gasteiger partial charge in [0.2, 0.25) is 5.91 Å². The maximum atomic E-state index is 13.7. The molecule has 3 rings (SSSR count). The molecule has 34 heavy (non-hydrogen) atoms. The van der Waals surface area contributed by atoms with E-state index in [0.717, 1.165) is 27.8 Å². The van der Waals surface area contributed by atoms with Crippen LogP contribution in [-0.4, -0.2) is 20.9 Å². The molecule has 0 saturated carbocycles. The van der Waals surface area contributed by atoms with E-state index in [4.69, 9.17) is 0 Å². The van der Waals surface area contributed by atoms with Gasteiger partial charge in [0.15, 0.2) is 0 Å². The zero-order chi connectivity index (χ0) is 25.0. The van der Waals surface area contributed by atoms with Crippen LogP contribution >= 0.6 is 0 Å². The maximum Gasteiger partial charge on any atom is 0.264 e. The molecule has 3 aromatic carbocycles. The monoisotopic (exact) mass is 478 g/mol. The minimum atomic E-state index is -3.95. The van der Waals surface area contributed by atoms with Crippen molar-refractivity contribution in [3.8, 4) is 0 Å². The summed E-state index contributed by atoms with van der Waals surface area (Å²) in [6, 6.07) is 18.0. The fraction of sp³-hybridized carbons (Fsp3) is 0.321. The van der Waals surface area contributed by atoms with Crippen LogP contribution < -0.4 is 9.62 Å². The average Bonchev–Trinajstić information content (AvgIpc) is 2.80. The van der Waals surface area contributed by atoms with Gasteiger partial charge in [-0.1, -0.05) is 55.0 Å². The number of sulfonamides is 1. The fourth-order valence-electron chi connectivity index (χ4n) is 4.13. The number of aryl methyl sites for hydroxylation is 5. The molecule has 0 bridgehead atoms. The SMILES string of the molecule is CCc1ccccc1N(CC(=O)NC(C)c1cc(C)c(C)cc1C)S(=O)(=O)c1ccc(C)cc1. The molecular weight excluding hydrogens is 444 g/mol. The zero-order valence-corrected chi connectivity index (χ0v) is 21.7. The van der Waals surface area contributed by atoms with Gasteiger partial charge in [-0.05, 0) is 87.1 Å². The van der Waals surface area contributed by atoms with Gasteiger partial charge in [0, 0.05) is 0 Å². The Bertz CT molecular complexity index is 1280. The van der Waals surface area contributed by atoms with Gasteiger partial charge in [0.05, 0.1) is 16.6 Å². The van der Waals surface area contributed by atoms with Gasteiger partial charge < -0.3 is 5.32 Å². The van der Waals surface area contributed by atoms with Crippen LogP contribution in [0.4, 0.5) is 5.69 Å². The summed E-state index contributed by atoms with van der Waals surface area (Å²) in [6.07, 6.45) is 0.649. The molecule has 0 aliphatic carbocycles. The molecule has 1 unspecified atom stereocenters. The number of anilines is 1. The standard InChI is InChI=1S/C28H34N2O3S/c1-7-24-10-8-9-11-27(24)30(34(32,33)25-14-12-19(2)13-15-25)18-28(31)29-23(6)26-17-21(4)20(3)16-22(26)5/h8-17,23H,7,18H2,1-6H3,(H,29,31). The number of para-hydroxylation sites is 1. The van der Waals surface area contributed by atoms with Crippen LogP contribution in [0.1, 0.15) is 53.3 Å². The van der Waals surface area contributed by atoms with Crippen molar-refractivity contribution in [1.29, 1.82) is 0 Å². The average molecular weight is 479 g/mol. The molecule has 0 saturated heterocycles. The second kappa shape index (κ2) is 10.4. The summed E-state index contributed by atoms with van der Waals surface area (Å²) in [6.45, 7) is 11.6. The van der Waals surface area contributed by atoms with Crippen LogP contribution in [0, 0.1) is 27.7 Å². The lowest BCUT2D eigenvalue weighted by Gasteiger charge is -2.27. The van der Waals surface area contributed by atoms with Gasteiger partial charge >= 0.3 is 0 Å². The van der Waals surface area contributed by atoms with Crippen LogP contribution in [0.3, 0.4) is 0 Å². The molecule has 0 spiro atoms. The van der Waals surface area contributed by atoms with Crippen molar-refractivity contribution in [3.05, 3.63) is 94.0 Å². The van der Waals surface area contributed by atoms with E-state index in [-0.39, 0.29) is 23.4 Å². The van der Waals surface area contributed by atoms with E-state index >= 15 is 0 Å². The van der Waals surface area contributed by atoms with E-state index in [1.54, 1.807) is 36.4 Å². The molecule has 1 amide bonds. The Morgan fingerprint density at radius 3 is 2.18 bits per heavy atom. The maximum absolute atomic E-state index is 13.7. The second-order valence-corrected chi connectivity index (χ2v) is 10.8. The van der Waals surface area contributed by atoms with Gasteiger partial charge in [-0.25, -0.2) is 8.42 Å². The van der Waals surface area contributed by atoms with Crippen LogP contribution in [0.15, 0.2) is 65.6 Å². The van der Waals surface area contributed by atoms with E-state index in [1.807, 2.05) is 46.8 Å². The summed E-state index contributed by atoms with van der Waals surface area (Å²) in [5.74, 6) is -0.355. The molecule has 180 valence electrons. The smallest absolute Gasteiger partial charge is 0.264 e. The number of amides is 1. The molecular formula is C28H34N2O3S. The van der Waals surface area contributed by atoms with Gasteiger partial charge in [-0.15, -0.1) is 0 Å². The molecule has 0 aliphatic rings. The normalized spacial score (nSPS) is 12.3. The number of nitrogens with one attached hydrogen (secondary N) is 1. The number of carbonyl (C=O) groups is 1. The summed E-state index contributed by atoms with van der Waals surface area (Å²) >= 11 is 0. The van der Waals surface area contributed by atoms with Crippen LogP contribution in [0.5, 0.6) is 0 Å². The quantitative estimate of drug-likeness (QED) is 0.461. The predicted molar refractivity (Wildman–Crippen MR) is 139 cm³/mol. The highest BCUT2D eigenvalue weighted by atomic mass is 32.2. The van der Waals surface area contributed by atoms with E-state index in [0.29, 0.717) is 12.1 Å². The molecule has 6 heteroatoms. The van der Waals surface area contributed by atoms with Crippen LogP contribution in [-0.2, 0) is 21.2 Å². The van der Waals surface area contributed by atoms with Crippen molar-refractivity contribution in [1.82, 2.24) is 5.32 Å². The first-order valence-corrected chi connectivity index (χ1v) is 13.0. The molecule has 5 nitrogen and oxygen atoms in total. The number of hydrogen-bond donors (Lipinski definition) is 1. The first-order valence-electron chi connectivity index (χ1n) is 11.6. The lowest BCUT2D eigenvalue weighted by molar-refractivity contribution is -0.120. The Morgan fingerprint density at radius 1 is 0.912 bits per heavy atom. The molecule has 1 atom stereocenters. The minimum Gasteiger partial charge on any atom is -0.348 e. The van der Waals surface area contributed by atoms with Crippen LogP contribution in [0.25, 0.3) is 0 Å². The Balaban J connectivity index is 1.95. The lowest BCUT2D eigenvalue weighted by Crippen LogP contribution is -2.42. The summed E-state index contributed by atoms with van der Waals surface area (Å²) in [5, 5.41) is 3.01. The molecule has 0 radical (unpaired) electrons. The van der Waals surface area contributed by atoms with Crippen molar-refractivity contribution in [2.45, 2.75) is 58.9 Å². The minimum absolute atomic E-state index is 0.162. The molecule has 3 aromatic rings. The summed E-state index contributed by atoms with van der Waals surface area (Å²) in [7, 11) is -3.95. The first-order chi connectivity index (χ1) is 16.0. The van der Waals surface area contributed by atoms with E-state index in [2.05, 4.69) is 24.4 Å².